The van der Waals surface area contributed by atoms with Crippen molar-refractivity contribution in [2.24, 2.45) is 0 Å². The standard InChI is InChI=1S/C17H21N3O3/c1-3-12-13(4-2)19-20-17(23)15(12)16(22)18-14(10-21)11-8-6-5-7-9-11/h5-9,14,21H,3-4,10H2,1-2H3,(H,18,22)(H,20,23)/t14-/m1/s1. The van der Waals surface area contributed by atoms with Crippen molar-refractivity contribution in [1.29, 1.82) is 0 Å². The van der Waals surface area contributed by atoms with E-state index in [-0.39, 0.29) is 12.2 Å². The predicted molar refractivity (Wildman–Crippen MR) is 87.3 cm³/mol. The summed E-state index contributed by atoms with van der Waals surface area (Å²) in [4.78, 5) is 24.7. The first-order chi connectivity index (χ1) is 11.1. The molecule has 23 heavy (non-hydrogen) atoms. The van der Waals surface area contributed by atoms with Crippen LogP contribution in [0, 0.1) is 0 Å². The molecule has 0 saturated heterocycles. The third-order valence-electron chi connectivity index (χ3n) is 3.77. The number of carbonyl (C=O) groups is 1. The summed E-state index contributed by atoms with van der Waals surface area (Å²) in [7, 11) is 0. The monoisotopic (exact) mass is 315 g/mol. The molecule has 2 rings (SSSR count). The van der Waals surface area contributed by atoms with Crippen LogP contribution in [0.5, 0.6) is 0 Å². The molecule has 1 amide bonds. The largest absolute Gasteiger partial charge is 0.394 e. The van der Waals surface area contributed by atoms with Gasteiger partial charge in [0.2, 0.25) is 0 Å². The number of amides is 1. The number of nitrogens with one attached hydrogen (secondary N) is 2. The van der Waals surface area contributed by atoms with Crippen molar-refractivity contribution >= 4 is 5.91 Å². The van der Waals surface area contributed by atoms with E-state index in [1.54, 1.807) is 0 Å². The Balaban J connectivity index is 2.35. The molecule has 1 atom stereocenters. The molecular formula is C17H21N3O3. The van der Waals surface area contributed by atoms with Gasteiger partial charge in [0.25, 0.3) is 11.5 Å². The van der Waals surface area contributed by atoms with E-state index >= 15 is 0 Å². The van der Waals surface area contributed by atoms with Gasteiger partial charge in [-0.2, -0.15) is 5.10 Å². The number of carbonyl (C=O) groups excluding carboxylic acids is 1. The van der Waals surface area contributed by atoms with Gasteiger partial charge in [0.1, 0.15) is 5.56 Å². The summed E-state index contributed by atoms with van der Waals surface area (Å²) in [6.07, 6.45) is 1.17. The summed E-state index contributed by atoms with van der Waals surface area (Å²) in [5.74, 6) is -0.497. The zero-order valence-electron chi connectivity index (χ0n) is 13.3. The number of hydrogen-bond donors (Lipinski definition) is 3. The fraction of sp³-hybridized carbons (Fsp3) is 0.353. The lowest BCUT2D eigenvalue weighted by Crippen LogP contribution is -2.36. The average molecular weight is 315 g/mol. The van der Waals surface area contributed by atoms with Gasteiger partial charge >= 0.3 is 0 Å². The van der Waals surface area contributed by atoms with Gasteiger partial charge in [-0.1, -0.05) is 44.2 Å². The van der Waals surface area contributed by atoms with E-state index in [1.807, 2.05) is 44.2 Å². The molecule has 122 valence electrons. The number of aliphatic hydroxyl groups excluding tert-OH is 1. The second-order valence-corrected chi connectivity index (χ2v) is 5.18. The van der Waals surface area contributed by atoms with Gasteiger partial charge in [-0.05, 0) is 24.0 Å². The average Bonchev–Trinajstić information content (AvgIpc) is 2.59. The summed E-state index contributed by atoms with van der Waals surface area (Å²) in [5.41, 5.74) is 1.70. The van der Waals surface area contributed by atoms with Crippen LogP contribution in [0.3, 0.4) is 0 Å². The maximum atomic E-state index is 12.6. The Morgan fingerprint density at radius 1 is 1.26 bits per heavy atom. The minimum Gasteiger partial charge on any atom is -0.394 e. The number of aliphatic hydroxyl groups is 1. The first kappa shape index (κ1) is 16.9. The molecule has 0 unspecified atom stereocenters. The number of aromatic nitrogens is 2. The molecule has 1 aromatic carbocycles. The van der Waals surface area contributed by atoms with Crippen LogP contribution < -0.4 is 10.9 Å². The first-order valence-corrected chi connectivity index (χ1v) is 7.69. The summed E-state index contributed by atoms with van der Waals surface area (Å²) in [5, 5.41) is 18.7. The third-order valence-corrected chi connectivity index (χ3v) is 3.77. The highest BCUT2D eigenvalue weighted by Gasteiger charge is 2.22. The molecule has 0 aliphatic heterocycles. The highest BCUT2D eigenvalue weighted by molar-refractivity contribution is 5.95. The highest BCUT2D eigenvalue weighted by atomic mass is 16.3. The van der Waals surface area contributed by atoms with Crippen LogP contribution >= 0.6 is 0 Å². The quantitative estimate of drug-likeness (QED) is 0.750. The predicted octanol–water partition coefficient (Wildman–Crippen LogP) is 1.36. The number of aromatic amines is 1. The summed E-state index contributed by atoms with van der Waals surface area (Å²) >= 11 is 0. The van der Waals surface area contributed by atoms with Gasteiger partial charge in [-0.25, -0.2) is 5.10 Å². The van der Waals surface area contributed by atoms with E-state index in [0.29, 0.717) is 24.1 Å². The minimum atomic E-state index is -0.564. The Kier molecular flexibility index (Phi) is 5.65. The van der Waals surface area contributed by atoms with E-state index in [2.05, 4.69) is 15.5 Å². The molecule has 0 aliphatic carbocycles. The molecule has 3 N–H and O–H groups in total. The molecule has 0 bridgehead atoms. The number of nitrogens with zero attached hydrogens (tertiary/aromatic N) is 1. The van der Waals surface area contributed by atoms with Crippen LogP contribution in [0.1, 0.15) is 47.1 Å². The van der Waals surface area contributed by atoms with Crippen molar-refractivity contribution in [3.63, 3.8) is 0 Å². The zero-order valence-corrected chi connectivity index (χ0v) is 13.3. The lowest BCUT2D eigenvalue weighted by atomic mass is 10.0. The normalized spacial score (nSPS) is 12.0. The van der Waals surface area contributed by atoms with Crippen LogP contribution in [-0.2, 0) is 12.8 Å². The molecule has 6 heteroatoms. The van der Waals surface area contributed by atoms with Crippen molar-refractivity contribution in [3.8, 4) is 0 Å². The molecule has 0 spiro atoms. The van der Waals surface area contributed by atoms with Gasteiger partial charge < -0.3 is 10.4 Å². The maximum Gasteiger partial charge on any atom is 0.277 e. The van der Waals surface area contributed by atoms with Gasteiger partial charge in [0.15, 0.2) is 0 Å². The van der Waals surface area contributed by atoms with Crippen molar-refractivity contribution in [2.45, 2.75) is 32.7 Å². The number of rotatable bonds is 6. The summed E-state index contributed by atoms with van der Waals surface area (Å²) < 4.78 is 0. The van der Waals surface area contributed by atoms with Crippen molar-refractivity contribution in [1.82, 2.24) is 15.5 Å². The maximum absolute atomic E-state index is 12.6. The number of benzene rings is 1. The van der Waals surface area contributed by atoms with Crippen LogP contribution in [0.2, 0.25) is 0 Å². The Bertz CT molecular complexity index is 726. The Morgan fingerprint density at radius 3 is 2.52 bits per heavy atom. The van der Waals surface area contributed by atoms with E-state index in [0.717, 1.165) is 5.56 Å². The summed E-state index contributed by atoms with van der Waals surface area (Å²) in [6.45, 7) is 3.55. The SMILES string of the molecule is CCc1n[nH]c(=O)c(C(=O)N[C@H](CO)c2ccccc2)c1CC. The molecule has 0 radical (unpaired) electrons. The van der Waals surface area contributed by atoms with Crippen molar-refractivity contribution < 1.29 is 9.90 Å². The molecule has 6 nitrogen and oxygen atoms in total. The fourth-order valence-corrected chi connectivity index (χ4v) is 2.59. The number of aryl methyl sites for hydroxylation is 1. The molecule has 2 aromatic rings. The van der Waals surface area contributed by atoms with Crippen molar-refractivity contribution in [2.75, 3.05) is 6.61 Å². The fourth-order valence-electron chi connectivity index (χ4n) is 2.59. The Labute approximate surface area is 134 Å². The lowest BCUT2D eigenvalue weighted by molar-refractivity contribution is 0.0913. The van der Waals surface area contributed by atoms with Crippen LogP contribution in [-0.4, -0.2) is 27.8 Å². The molecule has 0 saturated carbocycles. The first-order valence-electron chi connectivity index (χ1n) is 7.69. The van der Waals surface area contributed by atoms with Gasteiger partial charge in [0.05, 0.1) is 18.3 Å². The zero-order chi connectivity index (χ0) is 16.8. The van der Waals surface area contributed by atoms with Crippen LogP contribution in [0.25, 0.3) is 0 Å². The second kappa shape index (κ2) is 7.69. The van der Waals surface area contributed by atoms with Crippen LogP contribution in [0.15, 0.2) is 35.1 Å². The van der Waals surface area contributed by atoms with Gasteiger partial charge in [-0.3, -0.25) is 9.59 Å². The van der Waals surface area contributed by atoms with Gasteiger partial charge in [0, 0.05) is 0 Å². The molecular weight excluding hydrogens is 294 g/mol. The molecule has 1 heterocycles. The van der Waals surface area contributed by atoms with Gasteiger partial charge in [-0.15, -0.1) is 0 Å². The number of H-pyrrole nitrogens is 1. The van der Waals surface area contributed by atoms with E-state index in [1.165, 1.54) is 0 Å². The van der Waals surface area contributed by atoms with E-state index < -0.39 is 17.5 Å². The van der Waals surface area contributed by atoms with Crippen molar-refractivity contribution in [3.05, 3.63) is 63.1 Å². The molecule has 0 aliphatic rings. The smallest absolute Gasteiger partial charge is 0.277 e. The van der Waals surface area contributed by atoms with E-state index in [9.17, 15) is 14.7 Å². The third kappa shape index (κ3) is 3.65. The minimum absolute atomic E-state index is 0.0775. The lowest BCUT2D eigenvalue weighted by Gasteiger charge is -2.18. The topological polar surface area (TPSA) is 95.1 Å². The van der Waals surface area contributed by atoms with Crippen LogP contribution in [0.4, 0.5) is 0 Å². The Morgan fingerprint density at radius 2 is 1.96 bits per heavy atom. The Hall–Kier alpha value is -2.47. The molecule has 0 fully saturated rings. The van der Waals surface area contributed by atoms with E-state index in [4.69, 9.17) is 0 Å². The summed E-state index contributed by atoms with van der Waals surface area (Å²) in [6, 6.07) is 8.58. The number of hydrogen-bond acceptors (Lipinski definition) is 4. The highest BCUT2D eigenvalue weighted by Crippen LogP contribution is 2.15. The second-order valence-electron chi connectivity index (χ2n) is 5.18. The molecule has 1 aromatic heterocycles.